The van der Waals surface area contributed by atoms with E-state index in [2.05, 4.69) is 29.4 Å². The summed E-state index contributed by atoms with van der Waals surface area (Å²) < 4.78 is 0. The van der Waals surface area contributed by atoms with E-state index < -0.39 is 0 Å². The molecule has 18 heavy (non-hydrogen) atoms. The lowest BCUT2D eigenvalue weighted by Crippen LogP contribution is -2.05. The quantitative estimate of drug-likeness (QED) is 0.618. The molecule has 0 spiro atoms. The number of alkyl halides is 1. The zero-order chi connectivity index (χ0) is 12.8. The van der Waals surface area contributed by atoms with E-state index in [4.69, 9.17) is 11.6 Å². The predicted molar refractivity (Wildman–Crippen MR) is 79.5 cm³/mol. The van der Waals surface area contributed by atoms with Gasteiger partial charge in [-0.05, 0) is 37.5 Å². The number of nitrogens with zero attached hydrogens (tertiary/aromatic N) is 1. The van der Waals surface area contributed by atoms with Crippen LogP contribution in [0.15, 0.2) is 30.3 Å². The van der Waals surface area contributed by atoms with Crippen molar-refractivity contribution in [2.24, 2.45) is 0 Å². The van der Waals surface area contributed by atoms with Gasteiger partial charge in [0.1, 0.15) is 5.82 Å². The number of nitrogens with one attached hydrogen (secondary N) is 1. The number of aromatic nitrogens is 1. The van der Waals surface area contributed by atoms with Crippen molar-refractivity contribution in [2.75, 3.05) is 17.7 Å². The average Bonchev–Trinajstić information content (AvgIpc) is 2.39. The van der Waals surface area contributed by atoms with Crippen LogP contribution in [0.3, 0.4) is 0 Å². The van der Waals surface area contributed by atoms with E-state index in [1.54, 1.807) is 0 Å². The van der Waals surface area contributed by atoms with Crippen molar-refractivity contribution < 1.29 is 0 Å². The molecule has 1 aromatic heterocycles. The Balaban J connectivity index is 2.01. The Morgan fingerprint density at radius 3 is 2.83 bits per heavy atom. The second kappa shape index (κ2) is 6.60. The first-order valence-corrected chi connectivity index (χ1v) is 7.01. The fourth-order valence-electron chi connectivity index (χ4n) is 2.00. The third-order valence-electron chi connectivity index (χ3n) is 3.02. The van der Waals surface area contributed by atoms with Crippen LogP contribution in [0.5, 0.6) is 0 Å². The molecule has 0 aliphatic carbocycles. The molecule has 0 saturated carbocycles. The summed E-state index contributed by atoms with van der Waals surface area (Å²) >= 11 is 5.66. The number of hydrogen-bond acceptors (Lipinski definition) is 2. The first-order valence-electron chi connectivity index (χ1n) is 6.47. The number of rotatable bonds is 6. The van der Waals surface area contributed by atoms with Crippen LogP contribution in [0, 0.1) is 6.92 Å². The molecule has 1 heterocycles. The maximum Gasteiger partial charge on any atom is 0.129 e. The summed E-state index contributed by atoms with van der Waals surface area (Å²) in [5, 5.41) is 4.61. The molecule has 2 rings (SSSR count). The first kappa shape index (κ1) is 13.2. The molecule has 1 aromatic carbocycles. The Kier molecular flexibility index (Phi) is 4.82. The molecular formula is C15H19ClN2. The standard InChI is InChI=1S/C15H19ClN2/c1-12-11-13-7-3-4-8-14(13)18-15(12)17-10-6-2-5-9-16/h3-4,7-8,11H,2,5-6,9-10H2,1H3,(H,17,18). The van der Waals surface area contributed by atoms with Gasteiger partial charge in [0.15, 0.2) is 0 Å². The number of hydrogen-bond donors (Lipinski definition) is 1. The van der Waals surface area contributed by atoms with E-state index >= 15 is 0 Å². The SMILES string of the molecule is Cc1cc2ccccc2nc1NCCCCCCl. The topological polar surface area (TPSA) is 24.9 Å². The molecule has 3 heteroatoms. The molecule has 96 valence electrons. The minimum atomic E-state index is 0.757. The molecule has 0 atom stereocenters. The molecule has 2 aromatic rings. The summed E-state index contributed by atoms with van der Waals surface area (Å²) in [5.41, 5.74) is 2.25. The largest absolute Gasteiger partial charge is 0.370 e. The average molecular weight is 263 g/mol. The first-order chi connectivity index (χ1) is 8.81. The molecule has 0 amide bonds. The number of aryl methyl sites for hydroxylation is 1. The molecule has 0 unspecified atom stereocenters. The maximum atomic E-state index is 5.66. The summed E-state index contributed by atoms with van der Waals surface area (Å²) in [6.45, 7) is 3.06. The van der Waals surface area contributed by atoms with Crippen LogP contribution >= 0.6 is 11.6 Å². The zero-order valence-electron chi connectivity index (χ0n) is 10.7. The van der Waals surface area contributed by atoms with Gasteiger partial charge in [-0.1, -0.05) is 24.6 Å². The fraction of sp³-hybridized carbons (Fsp3) is 0.400. The Labute approximate surface area is 113 Å². The van der Waals surface area contributed by atoms with Crippen LogP contribution in [0.1, 0.15) is 24.8 Å². The smallest absolute Gasteiger partial charge is 0.129 e. The molecule has 0 aliphatic rings. The van der Waals surface area contributed by atoms with Crippen LogP contribution in [-0.4, -0.2) is 17.4 Å². The number of unbranched alkanes of at least 4 members (excludes halogenated alkanes) is 2. The van der Waals surface area contributed by atoms with E-state index in [1.807, 2.05) is 18.2 Å². The summed E-state index contributed by atoms with van der Waals surface area (Å²) in [7, 11) is 0. The molecule has 0 aliphatic heterocycles. The van der Waals surface area contributed by atoms with E-state index in [0.717, 1.165) is 36.6 Å². The Morgan fingerprint density at radius 1 is 1.17 bits per heavy atom. The van der Waals surface area contributed by atoms with Crippen LogP contribution in [-0.2, 0) is 0 Å². The Morgan fingerprint density at radius 2 is 2.00 bits per heavy atom. The highest BCUT2D eigenvalue weighted by molar-refractivity contribution is 6.17. The number of benzene rings is 1. The monoisotopic (exact) mass is 262 g/mol. The summed E-state index contributed by atoms with van der Waals surface area (Å²) in [6, 6.07) is 10.4. The summed E-state index contributed by atoms with van der Waals surface area (Å²) in [5.74, 6) is 1.76. The van der Waals surface area contributed by atoms with Crippen LogP contribution < -0.4 is 5.32 Å². The van der Waals surface area contributed by atoms with Crippen molar-refractivity contribution in [3.63, 3.8) is 0 Å². The highest BCUT2D eigenvalue weighted by atomic mass is 35.5. The van der Waals surface area contributed by atoms with Crippen molar-refractivity contribution in [2.45, 2.75) is 26.2 Å². The predicted octanol–water partition coefficient (Wildman–Crippen LogP) is 4.36. The third kappa shape index (κ3) is 3.36. The highest BCUT2D eigenvalue weighted by Crippen LogP contribution is 2.19. The normalized spacial score (nSPS) is 10.8. The van der Waals surface area contributed by atoms with E-state index in [0.29, 0.717) is 0 Å². The van der Waals surface area contributed by atoms with Gasteiger partial charge in [-0.3, -0.25) is 0 Å². The van der Waals surface area contributed by atoms with Gasteiger partial charge in [0.2, 0.25) is 0 Å². The minimum absolute atomic E-state index is 0.757. The van der Waals surface area contributed by atoms with Gasteiger partial charge >= 0.3 is 0 Å². The molecule has 0 fully saturated rings. The van der Waals surface area contributed by atoms with Crippen molar-refractivity contribution in [3.8, 4) is 0 Å². The number of para-hydroxylation sites is 1. The van der Waals surface area contributed by atoms with Crippen LogP contribution in [0.4, 0.5) is 5.82 Å². The van der Waals surface area contributed by atoms with Gasteiger partial charge in [0.25, 0.3) is 0 Å². The molecule has 1 N–H and O–H groups in total. The van der Waals surface area contributed by atoms with Crippen molar-refractivity contribution in [1.82, 2.24) is 4.98 Å². The zero-order valence-corrected chi connectivity index (χ0v) is 11.5. The summed E-state index contributed by atoms with van der Waals surface area (Å²) in [4.78, 5) is 4.66. The Bertz CT molecular complexity index is 511. The highest BCUT2D eigenvalue weighted by Gasteiger charge is 2.02. The molecule has 0 saturated heterocycles. The molecule has 0 bridgehead atoms. The Hall–Kier alpha value is -1.28. The van der Waals surface area contributed by atoms with Crippen LogP contribution in [0.25, 0.3) is 10.9 Å². The van der Waals surface area contributed by atoms with Gasteiger partial charge in [0, 0.05) is 17.8 Å². The third-order valence-corrected chi connectivity index (χ3v) is 3.28. The van der Waals surface area contributed by atoms with E-state index in [-0.39, 0.29) is 0 Å². The summed E-state index contributed by atoms with van der Waals surface area (Å²) in [6.07, 6.45) is 3.40. The lowest BCUT2D eigenvalue weighted by molar-refractivity contribution is 0.746. The number of fused-ring (bicyclic) bond motifs is 1. The fourth-order valence-corrected chi connectivity index (χ4v) is 2.19. The van der Waals surface area contributed by atoms with Crippen LogP contribution in [0.2, 0.25) is 0 Å². The van der Waals surface area contributed by atoms with E-state index in [9.17, 15) is 0 Å². The van der Waals surface area contributed by atoms with Crippen molar-refractivity contribution >= 4 is 28.3 Å². The lowest BCUT2D eigenvalue weighted by Gasteiger charge is -2.09. The van der Waals surface area contributed by atoms with Crippen molar-refractivity contribution in [3.05, 3.63) is 35.9 Å². The molecule has 0 radical (unpaired) electrons. The second-order valence-corrected chi connectivity index (χ2v) is 4.90. The number of pyridine rings is 1. The maximum absolute atomic E-state index is 5.66. The van der Waals surface area contributed by atoms with Gasteiger partial charge in [-0.25, -0.2) is 4.98 Å². The lowest BCUT2D eigenvalue weighted by atomic mass is 10.1. The number of halogens is 1. The van der Waals surface area contributed by atoms with Gasteiger partial charge in [-0.15, -0.1) is 11.6 Å². The molecule has 2 nitrogen and oxygen atoms in total. The van der Waals surface area contributed by atoms with Gasteiger partial charge in [0.05, 0.1) is 5.52 Å². The number of anilines is 1. The second-order valence-electron chi connectivity index (χ2n) is 4.52. The van der Waals surface area contributed by atoms with E-state index in [1.165, 1.54) is 17.4 Å². The van der Waals surface area contributed by atoms with Crippen molar-refractivity contribution in [1.29, 1.82) is 0 Å². The van der Waals surface area contributed by atoms with Gasteiger partial charge < -0.3 is 5.32 Å². The molecular weight excluding hydrogens is 244 g/mol. The van der Waals surface area contributed by atoms with Gasteiger partial charge in [-0.2, -0.15) is 0 Å². The minimum Gasteiger partial charge on any atom is -0.370 e.